The van der Waals surface area contributed by atoms with Crippen molar-refractivity contribution in [2.45, 2.75) is 36.6 Å². The summed E-state index contributed by atoms with van der Waals surface area (Å²) < 4.78 is 141. The second-order valence-electron chi connectivity index (χ2n) is 4.56. The third-order valence-corrected chi connectivity index (χ3v) is 4.72. The Bertz CT molecular complexity index is 588. The van der Waals surface area contributed by atoms with Gasteiger partial charge >= 0.3 is 29.2 Å². The average Bonchev–Trinajstić information content (AvgIpc) is 2.44. The number of hydrogen-bond acceptors (Lipinski definition) is 4. The Morgan fingerprint density at radius 3 is 1.76 bits per heavy atom. The van der Waals surface area contributed by atoms with Gasteiger partial charge in [0, 0.05) is 20.0 Å². The predicted molar refractivity (Wildman–Crippen MR) is 63.7 cm³/mol. The SMILES string of the molecule is CCC(=O)OCCN(C)S(=O)(=O)C(F)(F)C(F)(F)C(F)(F)C(F)(F)F. The van der Waals surface area contributed by atoms with Gasteiger partial charge in [-0.05, 0) is 0 Å². The van der Waals surface area contributed by atoms with Crippen LogP contribution in [0.4, 0.5) is 39.5 Å². The summed E-state index contributed by atoms with van der Waals surface area (Å²) in [6.45, 7) is -0.798. The number of sulfonamides is 1. The first-order valence-electron chi connectivity index (χ1n) is 6.19. The van der Waals surface area contributed by atoms with Gasteiger partial charge in [0.1, 0.15) is 6.61 Å². The topological polar surface area (TPSA) is 63.7 Å². The van der Waals surface area contributed by atoms with E-state index in [-0.39, 0.29) is 13.5 Å². The maximum atomic E-state index is 13.4. The summed E-state index contributed by atoms with van der Waals surface area (Å²) in [5.74, 6) is -15.6. The van der Waals surface area contributed by atoms with Crippen molar-refractivity contribution in [3.63, 3.8) is 0 Å². The van der Waals surface area contributed by atoms with Gasteiger partial charge in [0.25, 0.3) is 10.0 Å². The van der Waals surface area contributed by atoms with Crippen molar-refractivity contribution in [3.05, 3.63) is 0 Å². The first kappa shape index (κ1) is 23.8. The molecule has 0 heterocycles. The minimum absolute atomic E-state index is 0.206. The van der Waals surface area contributed by atoms with Crippen molar-refractivity contribution >= 4 is 16.0 Å². The summed E-state index contributed by atoms with van der Waals surface area (Å²) in [5.41, 5.74) is 0. The molecule has 0 unspecified atom stereocenters. The monoisotopic (exact) mass is 413 g/mol. The Morgan fingerprint density at radius 2 is 1.40 bits per heavy atom. The van der Waals surface area contributed by atoms with Crippen LogP contribution in [0.2, 0.25) is 0 Å². The quantitative estimate of drug-likeness (QED) is 0.454. The highest BCUT2D eigenvalue weighted by Crippen LogP contribution is 2.55. The molecule has 0 aliphatic heterocycles. The molecule has 150 valence electrons. The van der Waals surface area contributed by atoms with E-state index in [0.717, 1.165) is 0 Å². The average molecular weight is 413 g/mol. The zero-order valence-corrected chi connectivity index (χ0v) is 13.3. The van der Waals surface area contributed by atoms with E-state index in [9.17, 15) is 52.7 Å². The summed E-state index contributed by atoms with van der Waals surface area (Å²) in [6.07, 6.45) is -7.34. The van der Waals surface area contributed by atoms with Gasteiger partial charge in [-0.2, -0.15) is 43.8 Å². The molecule has 5 nitrogen and oxygen atoms in total. The van der Waals surface area contributed by atoms with E-state index < -0.39 is 56.7 Å². The van der Waals surface area contributed by atoms with Gasteiger partial charge in [-0.1, -0.05) is 6.92 Å². The first-order chi connectivity index (χ1) is 10.9. The van der Waals surface area contributed by atoms with Gasteiger partial charge in [0.15, 0.2) is 0 Å². The number of rotatable bonds is 8. The van der Waals surface area contributed by atoms with Crippen LogP contribution in [0.3, 0.4) is 0 Å². The fourth-order valence-corrected chi connectivity index (χ4v) is 2.39. The van der Waals surface area contributed by atoms with E-state index >= 15 is 0 Å². The molecule has 0 saturated heterocycles. The van der Waals surface area contributed by atoms with E-state index in [1.54, 1.807) is 0 Å². The van der Waals surface area contributed by atoms with Crippen molar-refractivity contribution in [3.8, 4) is 0 Å². The molecule has 0 fully saturated rings. The first-order valence-corrected chi connectivity index (χ1v) is 7.63. The molecule has 0 rings (SSSR count). The third kappa shape index (κ3) is 4.12. The highest BCUT2D eigenvalue weighted by Gasteiger charge is 2.85. The van der Waals surface area contributed by atoms with Crippen LogP contribution in [0.1, 0.15) is 13.3 Å². The van der Waals surface area contributed by atoms with Gasteiger partial charge < -0.3 is 4.74 Å². The molecule has 0 radical (unpaired) electrons. The Kier molecular flexibility index (Phi) is 6.81. The Labute approximate surface area is 135 Å². The molecule has 0 bridgehead atoms. The molecule has 0 amide bonds. The van der Waals surface area contributed by atoms with Gasteiger partial charge in [0.2, 0.25) is 0 Å². The fraction of sp³-hybridized carbons (Fsp3) is 0.900. The van der Waals surface area contributed by atoms with E-state index in [1.807, 2.05) is 0 Å². The third-order valence-electron chi connectivity index (χ3n) is 2.81. The molecule has 0 aromatic rings. The molecule has 15 heteroatoms. The lowest BCUT2D eigenvalue weighted by molar-refractivity contribution is -0.382. The van der Waals surface area contributed by atoms with Crippen molar-refractivity contribution in [2.24, 2.45) is 0 Å². The number of carbonyl (C=O) groups excluding carboxylic acids is 1. The standard InChI is InChI=1S/C10H12F9NO4S/c1-3-6(21)24-5-4-20(2)25(22,23)10(18,19)8(13,14)7(11,12)9(15,16)17/h3-5H2,1-2H3. The van der Waals surface area contributed by atoms with Crippen LogP contribution in [0, 0.1) is 0 Å². The molecule has 0 aromatic carbocycles. The number of likely N-dealkylation sites (N-methyl/N-ethyl adjacent to an activating group) is 1. The van der Waals surface area contributed by atoms with Crippen molar-refractivity contribution < 1.29 is 57.5 Å². The van der Waals surface area contributed by atoms with E-state index in [0.29, 0.717) is 0 Å². The summed E-state index contributed by atoms with van der Waals surface area (Å²) >= 11 is 0. The molecule has 0 atom stereocenters. The van der Waals surface area contributed by atoms with Crippen LogP contribution in [-0.4, -0.2) is 62.2 Å². The second kappa shape index (κ2) is 7.17. The predicted octanol–water partition coefficient (Wildman–Crippen LogP) is 2.63. The van der Waals surface area contributed by atoms with Crippen LogP contribution >= 0.6 is 0 Å². The number of hydrogen-bond donors (Lipinski definition) is 0. The Balaban J connectivity index is 5.63. The van der Waals surface area contributed by atoms with Crippen LogP contribution in [0.15, 0.2) is 0 Å². The molecule has 0 aliphatic rings. The van der Waals surface area contributed by atoms with E-state index in [2.05, 4.69) is 4.74 Å². The smallest absolute Gasteiger partial charge is 0.460 e. The molecular formula is C10H12F9NO4S. The summed E-state index contributed by atoms with van der Waals surface area (Å²) in [6, 6.07) is 0. The number of halogens is 9. The van der Waals surface area contributed by atoms with E-state index in [1.165, 1.54) is 6.92 Å². The number of ether oxygens (including phenoxy) is 1. The number of esters is 1. The van der Waals surface area contributed by atoms with Gasteiger partial charge in [0.05, 0.1) is 0 Å². The van der Waals surface area contributed by atoms with Crippen LogP contribution < -0.4 is 0 Å². The largest absolute Gasteiger partial charge is 0.464 e. The minimum atomic E-state index is -7.33. The minimum Gasteiger partial charge on any atom is -0.464 e. The van der Waals surface area contributed by atoms with Gasteiger partial charge in [-0.25, -0.2) is 8.42 Å². The number of carbonyl (C=O) groups is 1. The van der Waals surface area contributed by atoms with Crippen molar-refractivity contribution in [1.82, 2.24) is 4.31 Å². The molecule has 0 saturated carbocycles. The molecular weight excluding hydrogens is 401 g/mol. The molecule has 0 spiro atoms. The summed E-state index contributed by atoms with van der Waals surface area (Å²) in [7, 11) is -6.45. The Morgan fingerprint density at radius 1 is 0.960 bits per heavy atom. The second-order valence-corrected chi connectivity index (χ2v) is 6.65. The number of nitrogens with zero attached hydrogens (tertiary/aromatic N) is 1. The highest BCUT2D eigenvalue weighted by atomic mass is 32.2. The fourth-order valence-electron chi connectivity index (χ4n) is 1.23. The highest BCUT2D eigenvalue weighted by molar-refractivity contribution is 7.90. The zero-order valence-electron chi connectivity index (χ0n) is 12.5. The van der Waals surface area contributed by atoms with Crippen molar-refractivity contribution in [1.29, 1.82) is 0 Å². The number of alkyl halides is 9. The Hall–Kier alpha value is -1.25. The molecule has 0 aliphatic carbocycles. The summed E-state index contributed by atoms with van der Waals surface area (Å²) in [5, 5.41) is -6.80. The molecule has 0 N–H and O–H groups in total. The van der Waals surface area contributed by atoms with Crippen LogP contribution in [-0.2, 0) is 19.6 Å². The lowest BCUT2D eigenvalue weighted by Crippen LogP contribution is -2.65. The molecule has 0 aromatic heterocycles. The lowest BCUT2D eigenvalue weighted by atomic mass is 10.1. The van der Waals surface area contributed by atoms with Gasteiger partial charge in [-0.3, -0.25) is 4.79 Å². The summed E-state index contributed by atoms with van der Waals surface area (Å²) in [4.78, 5) is 10.8. The molecule has 25 heavy (non-hydrogen) atoms. The normalized spacial score (nSPS) is 14.7. The van der Waals surface area contributed by atoms with Crippen LogP contribution in [0.5, 0.6) is 0 Å². The zero-order chi connectivity index (χ0) is 20.5. The van der Waals surface area contributed by atoms with Crippen molar-refractivity contribution in [2.75, 3.05) is 20.2 Å². The lowest BCUT2D eigenvalue weighted by Gasteiger charge is -2.34. The maximum Gasteiger partial charge on any atom is 0.460 e. The van der Waals surface area contributed by atoms with E-state index in [4.69, 9.17) is 0 Å². The maximum absolute atomic E-state index is 13.4. The van der Waals surface area contributed by atoms with Gasteiger partial charge in [-0.15, -0.1) is 0 Å². The van der Waals surface area contributed by atoms with Crippen LogP contribution in [0.25, 0.3) is 0 Å².